The largest absolute Gasteiger partial charge is 0.476 e. The minimum atomic E-state index is -4.88. The van der Waals surface area contributed by atoms with Gasteiger partial charge in [-0.15, -0.1) is 0 Å². The molecule has 0 fully saturated rings. The highest BCUT2D eigenvalue weighted by atomic mass is 35.5. The molecule has 28 heavy (non-hydrogen) atoms. The molecule has 0 aliphatic carbocycles. The lowest BCUT2D eigenvalue weighted by Gasteiger charge is -2.25. The monoisotopic (exact) mass is 438 g/mol. The van der Waals surface area contributed by atoms with E-state index in [1.165, 1.54) is 12.3 Å². The molecule has 0 saturated carbocycles. The third kappa shape index (κ3) is 4.37. The number of benzene rings is 1. The van der Waals surface area contributed by atoms with Crippen LogP contribution in [-0.2, 0) is 20.9 Å². The van der Waals surface area contributed by atoms with E-state index in [9.17, 15) is 31.5 Å². The number of aromatic carboxylic acids is 1. The lowest BCUT2D eigenvalue weighted by atomic mass is 10.2. The minimum Gasteiger partial charge on any atom is -0.476 e. The zero-order chi connectivity index (χ0) is 21.3. The average molecular weight is 439 g/mol. The van der Waals surface area contributed by atoms with Crippen molar-refractivity contribution in [1.29, 1.82) is 0 Å². The fourth-order valence-corrected chi connectivity index (χ4v) is 3.93. The number of aromatic nitrogens is 1. The first-order valence-corrected chi connectivity index (χ1v) is 9.29. The van der Waals surface area contributed by atoms with E-state index >= 15 is 0 Å². The second-order valence-electron chi connectivity index (χ2n) is 5.60. The summed E-state index contributed by atoms with van der Waals surface area (Å²) < 4.78 is 70.7. The lowest BCUT2D eigenvalue weighted by Crippen LogP contribution is -2.34. The Kier molecular flexibility index (Phi) is 6.21. The molecule has 1 aromatic carbocycles. The number of carbonyl (C=O) groups is 1. The molecule has 0 amide bonds. The number of alkyl halides is 3. The lowest BCUT2D eigenvalue weighted by molar-refractivity contribution is -0.137. The zero-order valence-electron chi connectivity index (χ0n) is 14.5. The van der Waals surface area contributed by atoms with E-state index < -0.39 is 50.1 Å². The number of carboxylic acid groups (broad SMARTS) is 1. The van der Waals surface area contributed by atoms with Crippen LogP contribution in [0.5, 0.6) is 0 Å². The van der Waals surface area contributed by atoms with Crippen molar-refractivity contribution in [3.63, 3.8) is 0 Å². The topological polar surface area (TPSA) is 96.8 Å². The van der Waals surface area contributed by atoms with E-state index in [2.05, 4.69) is 4.98 Å². The van der Waals surface area contributed by atoms with Gasteiger partial charge in [-0.2, -0.15) is 13.2 Å². The molecule has 2 aromatic rings. The highest BCUT2D eigenvalue weighted by Gasteiger charge is 2.36. The fraction of sp³-hybridized carbons (Fsp3) is 0.250. The normalized spacial score (nSPS) is 12.1. The SMILES string of the molecule is COCN(c1cc(C)cnc1C(=O)O)S(=O)(=O)c1ccc(Cl)c(C(F)(F)F)c1. The van der Waals surface area contributed by atoms with Gasteiger partial charge in [0.05, 0.1) is 21.2 Å². The molecular weight excluding hydrogens is 425 g/mol. The maximum absolute atomic E-state index is 13.1. The van der Waals surface area contributed by atoms with Crippen LogP contribution in [0.4, 0.5) is 18.9 Å². The molecule has 7 nitrogen and oxygen atoms in total. The van der Waals surface area contributed by atoms with Crippen LogP contribution in [0.2, 0.25) is 5.02 Å². The number of halogens is 4. The van der Waals surface area contributed by atoms with Crippen LogP contribution < -0.4 is 4.31 Å². The van der Waals surface area contributed by atoms with Crippen LogP contribution in [0.25, 0.3) is 0 Å². The summed E-state index contributed by atoms with van der Waals surface area (Å²) in [5.41, 5.74) is -1.86. The average Bonchev–Trinajstić information content (AvgIpc) is 2.58. The molecule has 0 aliphatic heterocycles. The maximum Gasteiger partial charge on any atom is 0.417 e. The Morgan fingerprint density at radius 1 is 1.32 bits per heavy atom. The number of hydrogen-bond donors (Lipinski definition) is 1. The van der Waals surface area contributed by atoms with Crippen molar-refractivity contribution in [2.24, 2.45) is 0 Å². The van der Waals surface area contributed by atoms with Crippen LogP contribution in [0.1, 0.15) is 21.6 Å². The number of pyridine rings is 1. The van der Waals surface area contributed by atoms with Gasteiger partial charge in [-0.3, -0.25) is 0 Å². The molecule has 2 rings (SSSR count). The van der Waals surface area contributed by atoms with Crippen LogP contribution in [0.15, 0.2) is 35.4 Å². The molecule has 0 bridgehead atoms. The molecule has 0 saturated heterocycles. The van der Waals surface area contributed by atoms with E-state index in [0.717, 1.165) is 19.2 Å². The van der Waals surface area contributed by atoms with Gasteiger partial charge < -0.3 is 9.84 Å². The van der Waals surface area contributed by atoms with Gasteiger partial charge in [-0.05, 0) is 36.8 Å². The molecule has 1 N–H and O–H groups in total. The first-order chi connectivity index (χ1) is 12.9. The summed E-state index contributed by atoms with van der Waals surface area (Å²) in [6.07, 6.45) is -3.67. The maximum atomic E-state index is 13.1. The number of nitrogens with zero attached hydrogens (tertiary/aromatic N) is 2. The van der Waals surface area contributed by atoms with E-state index in [1.807, 2.05) is 0 Å². The van der Waals surface area contributed by atoms with Crippen LogP contribution in [-0.4, -0.2) is 38.3 Å². The van der Waals surface area contributed by atoms with Gasteiger partial charge in [-0.25, -0.2) is 22.5 Å². The second-order valence-corrected chi connectivity index (χ2v) is 7.87. The third-order valence-electron chi connectivity index (χ3n) is 3.55. The Hall–Kier alpha value is -2.37. The number of hydrogen-bond acceptors (Lipinski definition) is 5. The Labute approximate surface area is 163 Å². The number of sulfonamides is 1. The Balaban J connectivity index is 2.71. The second kappa shape index (κ2) is 7.94. The van der Waals surface area contributed by atoms with Gasteiger partial charge in [0.15, 0.2) is 5.69 Å². The Morgan fingerprint density at radius 2 is 1.96 bits per heavy atom. The van der Waals surface area contributed by atoms with Gasteiger partial charge in [0.25, 0.3) is 10.0 Å². The van der Waals surface area contributed by atoms with E-state index in [1.54, 1.807) is 6.92 Å². The molecule has 1 aromatic heterocycles. The first kappa shape index (κ1) is 21.9. The summed E-state index contributed by atoms with van der Waals surface area (Å²) in [6, 6.07) is 3.30. The number of carboxylic acids is 1. The Morgan fingerprint density at radius 3 is 2.50 bits per heavy atom. The van der Waals surface area contributed by atoms with Gasteiger partial charge in [-0.1, -0.05) is 11.6 Å². The Bertz CT molecular complexity index is 1010. The summed E-state index contributed by atoms with van der Waals surface area (Å²) in [4.78, 5) is 14.4. The van der Waals surface area contributed by atoms with Crippen molar-refractivity contribution >= 4 is 33.3 Å². The predicted molar refractivity (Wildman–Crippen MR) is 93.9 cm³/mol. The number of rotatable bonds is 6. The molecule has 0 unspecified atom stereocenters. The summed E-state index contributed by atoms with van der Waals surface area (Å²) >= 11 is 5.54. The van der Waals surface area contributed by atoms with E-state index in [0.29, 0.717) is 15.9 Å². The van der Waals surface area contributed by atoms with Gasteiger partial charge in [0, 0.05) is 13.3 Å². The highest BCUT2D eigenvalue weighted by Crippen LogP contribution is 2.37. The molecule has 152 valence electrons. The van der Waals surface area contributed by atoms with Crippen molar-refractivity contribution in [1.82, 2.24) is 4.98 Å². The summed E-state index contributed by atoms with van der Waals surface area (Å²) in [6.45, 7) is 0.890. The van der Waals surface area contributed by atoms with Gasteiger partial charge in [0.2, 0.25) is 0 Å². The molecule has 1 heterocycles. The van der Waals surface area contributed by atoms with Crippen LogP contribution >= 0.6 is 11.6 Å². The van der Waals surface area contributed by atoms with Crippen LogP contribution in [0.3, 0.4) is 0 Å². The summed E-state index contributed by atoms with van der Waals surface area (Å²) in [7, 11) is -3.49. The number of aryl methyl sites for hydroxylation is 1. The molecule has 0 aliphatic rings. The van der Waals surface area contributed by atoms with Crippen molar-refractivity contribution < 1.29 is 36.2 Å². The third-order valence-corrected chi connectivity index (χ3v) is 5.61. The van der Waals surface area contributed by atoms with E-state index in [-0.39, 0.29) is 5.69 Å². The summed E-state index contributed by atoms with van der Waals surface area (Å²) in [5.74, 6) is -1.52. The zero-order valence-corrected chi connectivity index (χ0v) is 16.1. The quantitative estimate of drug-likeness (QED) is 0.693. The summed E-state index contributed by atoms with van der Waals surface area (Å²) in [5, 5.41) is 8.63. The van der Waals surface area contributed by atoms with Crippen molar-refractivity contribution in [2.45, 2.75) is 18.0 Å². The van der Waals surface area contributed by atoms with Gasteiger partial charge in [0.1, 0.15) is 6.73 Å². The molecule has 0 radical (unpaired) electrons. The van der Waals surface area contributed by atoms with Crippen molar-refractivity contribution in [2.75, 3.05) is 18.1 Å². The highest BCUT2D eigenvalue weighted by molar-refractivity contribution is 7.92. The molecule has 0 atom stereocenters. The molecular formula is C16H14ClF3N2O5S. The van der Waals surface area contributed by atoms with Gasteiger partial charge >= 0.3 is 12.1 Å². The standard InChI is InChI=1S/C16H14ClF3N2O5S/c1-9-5-13(14(15(23)24)21-7-9)22(8-27-2)28(25,26)10-3-4-12(17)11(6-10)16(18,19)20/h3-7H,8H2,1-2H3,(H,23,24). The molecule has 0 spiro atoms. The number of ether oxygens (including phenoxy) is 1. The van der Waals surface area contributed by atoms with Crippen molar-refractivity contribution in [3.05, 3.63) is 52.3 Å². The predicted octanol–water partition coefficient (Wildman–Crippen LogP) is 3.56. The number of anilines is 1. The fourth-order valence-electron chi connectivity index (χ4n) is 2.30. The van der Waals surface area contributed by atoms with Crippen LogP contribution in [0, 0.1) is 6.92 Å². The van der Waals surface area contributed by atoms with Crippen molar-refractivity contribution in [3.8, 4) is 0 Å². The first-order valence-electron chi connectivity index (χ1n) is 7.48. The molecule has 12 heteroatoms. The van der Waals surface area contributed by atoms with E-state index in [4.69, 9.17) is 16.3 Å². The number of methoxy groups -OCH3 is 1. The smallest absolute Gasteiger partial charge is 0.417 e. The minimum absolute atomic E-state index is 0.349.